The van der Waals surface area contributed by atoms with E-state index < -0.39 is 12.6 Å². The molecular formula is C15H18ClNO4. The maximum Gasteiger partial charge on any atom is 0.341 e. The molecule has 114 valence electrons. The van der Waals surface area contributed by atoms with Gasteiger partial charge in [-0.2, -0.15) is 0 Å². The van der Waals surface area contributed by atoms with Crippen LogP contribution in [-0.4, -0.2) is 23.6 Å². The van der Waals surface area contributed by atoms with Crippen LogP contribution in [0.2, 0.25) is 5.02 Å². The third-order valence-corrected chi connectivity index (χ3v) is 3.87. The van der Waals surface area contributed by atoms with Crippen molar-refractivity contribution in [3.05, 3.63) is 23.2 Å². The van der Waals surface area contributed by atoms with E-state index in [0.29, 0.717) is 18.0 Å². The van der Waals surface area contributed by atoms with Crippen LogP contribution >= 0.6 is 11.6 Å². The Bertz CT molecular complexity index is 528. The molecule has 0 aromatic heterocycles. The van der Waals surface area contributed by atoms with Gasteiger partial charge in [0.1, 0.15) is 5.75 Å². The number of halogens is 1. The van der Waals surface area contributed by atoms with Crippen LogP contribution < -0.4 is 10.1 Å². The number of carbonyl (C=O) groups excluding carboxylic acids is 1. The minimum atomic E-state index is -1.07. The summed E-state index contributed by atoms with van der Waals surface area (Å²) in [7, 11) is 0. The highest BCUT2D eigenvalue weighted by atomic mass is 35.5. The number of amides is 1. The van der Waals surface area contributed by atoms with Crippen LogP contribution in [0.4, 0.5) is 5.69 Å². The van der Waals surface area contributed by atoms with Crippen LogP contribution in [0, 0.1) is 5.92 Å². The quantitative estimate of drug-likeness (QED) is 0.810. The maximum atomic E-state index is 11.8. The topological polar surface area (TPSA) is 75.6 Å². The molecule has 2 rings (SSSR count). The number of hydrogen-bond donors (Lipinski definition) is 2. The van der Waals surface area contributed by atoms with Crippen LogP contribution in [0.3, 0.4) is 0 Å². The van der Waals surface area contributed by atoms with Gasteiger partial charge in [-0.1, -0.05) is 30.9 Å². The van der Waals surface area contributed by atoms with Crippen molar-refractivity contribution >= 4 is 29.2 Å². The van der Waals surface area contributed by atoms with Gasteiger partial charge in [-0.25, -0.2) is 4.79 Å². The Kier molecular flexibility index (Phi) is 5.44. The summed E-state index contributed by atoms with van der Waals surface area (Å²) in [4.78, 5) is 22.2. The Morgan fingerprint density at radius 1 is 1.38 bits per heavy atom. The second-order valence-corrected chi connectivity index (χ2v) is 5.62. The fourth-order valence-electron chi connectivity index (χ4n) is 2.18. The molecule has 1 amide bonds. The highest BCUT2D eigenvalue weighted by Gasteiger charge is 2.18. The molecule has 0 atom stereocenters. The second-order valence-electron chi connectivity index (χ2n) is 5.21. The number of carbonyl (C=O) groups is 2. The van der Waals surface area contributed by atoms with Gasteiger partial charge in [-0.05, 0) is 30.5 Å². The van der Waals surface area contributed by atoms with Gasteiger partial charge in [0.05, 0.1) is 5.02 Å². The zero-order valence-corrected chi connectivity index (χ0v) is 12.4. The van der Waals surface area contributed by atoms with E-state index in [9.17, 15) is 9.59 Å². The van der Waals surface area contributed by atoms with Gasteiger partial charge in [-0.3, -0.25) is 4.79 Å². The summed E-state index contributed by atoms with van der Waals surface area (Å²) in [6, 6.07) is 4.75. The number of rotatable bonds is 7. The molecule has 0 unspecified atom stereocenters. The first-order valence-corrected chi connectivity index (χ1v) is 7.36. The maximum absolute atomic E-state index is 11.8. The third kappa shape index (κ3) is 4.93. The summed E-state index contributed by atoms with van der Waals surface area (Å²) in [5.74, 6) is -0.116. The number of hydrogen-bond acceptors (Lipinski definition) is 3. The van der Waals surface area contributed by atoms with E-state index in [0.717, 1.165) is 6.42 Å². The lowest BCUT2D eigenvalue weighted by atomic mass is 9.82. The van der Waals surface area contributed by atoms with Gasteiger partial charge in [0.15, 0.2) is 6.61 Å². The number of nitrogens with one attached hydrogen (secondary N) is 1. The zero-order chi connectivity index (χ0) is 15.2. The zero-order valence-electron chi connectivity index (χ0n) is 11.6. The number of aliphatic carboxylic acids is 1. The van der Waals surface area contributed by atoms with E-state index >= 15 is 0 Å². The van der Waals surface area contributed by atoms with Crippen LogP contribution in [0.25, 0.3) is 0 Å². The molecule has 0 heterocycles. The van der Waals surface area contributed by atoms with E-state index in [1.54, 1.807) is 18.2 Å². The summed E-state index contributed by atoms with van der Waals surface area (Å²) >= 11 is 5.99. The first kappa shape index (κ1) is 15.6. The van der Waals surface area contributed by atoms with Crippen molar-refractivity contribution in [3.8, 4) is 5.75 Å². The highest BCUT2D eigenvalue weighted by molar-refractivity contribution is 6.32. The van der Waals surface area contributed by atoms with Gasteiger partial charge >= 0.3 is 5.97 Å². The molecule has 5 nitrogen and oxygen atoms in total. The molecular weight excluding hydrogens is 294 g/mol. The van der Waals surface area contributed by atoms with Gasteiger partial charge in [-0.15, -0.1) is 0 Å². The van der Waals surface area contributed by atoms with Gasteiger partial charge in [0, 0.05) is 12.1 Å². The Balaban J connectivity index is 1.83. The monoisotopic (exact) mass is 311 g/mol. The molecule has 1 aliphatic carbocycles. The van der Waals surface area contributed by atoms with Crippen LogP contribution in [0.1, 0.15) is 32.1 Å². The van der Waals surface area contributed by atoms with Gasteiger partial charge in [0.2, 0.25) is 5.91 Å². The van der Waals surface area contributed by atoms with Gasteiger partial charge < -0.3 is 15.2 Å². The molecule has 0 aliphatic heterocycles. The fraction of sp³-hybridized carbons (Fsp3) is 0.467. The van der Waals surface area contributed by atoms with Crippen molar-refractivity contribution in [2.75, 3.05) is 11.9 Å². The van der Waals surface area contributed by atoms with Crippen LogP contribution in [-0.2, 0) is 9.59 Å². The predicted octanol–water partition coefficient (Wildman–Crippen LogP) is 3.32. The lowest BCUT2D eigenvalue weighted by Crippen LogP contribution is -2.17. The Labute approximate surface area is 128 Å². The number of ether oxygens (including phenoxy) is 1. The molecule has 21 heavy (non-hydrogen) atoms. The highest BCUT2D eigenvalue weighted by Crippen LogP contribution is 2.31. The standard InChI is InChI=1S/C15H18ClNO4/c16-12-8-11(5-6-13(12)21-9-15(19)20)17-14(18)7-4-10-2-1-3-10/h5-6,8,10H,1-4,7,9H2,(H,17,18)(H,19,20). The molecule has 1 fully saturated rings. The minimum Gasteiger partial charge on any atom is -0.480 e. The predicted molar refractivity (Wildman–Crippen MR) is 79.8 cm³/mol. The number of anilines is 1. The average molecular weight is 312 g/mol. The Morgan fingerprint density at radius 3 is 2.71 bits per heavy atom. The lowest BCUT2D eigenvalue weighted by Gasteiger charge is -2.24. The number of benzene rings is 1. The summed E-state index contributed by atoms with van der Waals surface area (Å²) in [6.45, 7) is -0.452. The molecule has 1 saturated carbocycles. The van der Waals surface area contributed by atoms with Crippen molar-refractivity contribution in [1.29, 1.82) is 0 Å². The molecule has 0 spiro atoms. The SMILES string of the molecule is O=C(O)COc1ccc(NC(=O)CCC2CCC2)cc1Cl. The van der Waals surface area contributed by atoms with Crippen molar-refractivity contribution in [3.63, 3.8) is 0 Å². The first-order chi connectivity index (χ1) is 10.0. The molecule has 0 radical (unpaired) electrons. The summed E-state index contributed by atoms with van der Waals surface area (Å²) < 4.78 is 5.02. The molecule has 0 bridgehead atoms. The lowest BCUT2D eigenvalue weighted by molar-refractivity contribution is -0.139. The van der Waals surface area contributed by atoms with E-state index in [4.69, 9.17) is 21.4 Å². The molecule has 1 aromatic carbocycles. The van der Waals surface area contributed by atoms with Crippen molar-refractivity contribution in [1.82, 2.24) is 0 Å². The second kappa shape index (κ2) is 7.31. The molecule has 1 aromatic rings. The molecule has 1 aliphatic rings. The van der Waals surface area contributed by atoms with Crippen molar-refractivity contribution < 1.29 is 19.4 Å². The minimum absolute atomic E-state index is 0.0304. The van der Waals surface area contributed by atoms with Crippen molar-refractivity contribution in [2.45, 2.75) is 32.1 Å². The van der Waals surface area contributed by atoms with Crippen molar-refractivity contribution in [2.24, 2.45) is 5.92 Å². The van der Waals surface area contributed by atoms with E-state index in [-0.39, 0.29) is 16.7 Å². The fourth-order valence-corrected chi connectivity index (χ4v) is 2.41. The third-order valence-electron chi connectivity index (χ3n) is 3.57. The van der Waals surface area contributed by atoms with Gasteiger partial charge in [0.25, 0.3) is 0 Å². The number of carboxylic acid groups (broad SMARTS) is 1. The Morgan fingerprint density at radius 2 is 2.14 bits per heavy atom. The van der Waals surface area contributed by atoms with E-state index in [1.165, 1.54) is 19.3 Å². The smallest absolute Gasteiger partial charge is 0.341 e. The van der Waals surface area contributed by atoms with Crippen LogP contribution in [0.15, 0.2) is 18.2 Å². The summed E-state index contributed by atoms with van der Waals surface area (Å²) in [5.41, 5.74) is 0.585. The Hall–Kier alpha value is -1.75. The normalized spacial score (nSPS) is 14.3. The van der Waals surface area contributed by atoms with E-state index in [2.05, 4.69) is 5.32 Å². The summed E-state index contributed by atoms with van der Waals surface area (Å²) in [6.07, 6.45) is 5.18. The summed E-state index contributed by atoms with van der Waals surface area (Å²) in [5, 5.41) is 11.6. The largest absolute Gasteiger partial charge is 0.480 e. The number of carboxylic acids is 1. The van der Waals surface area contributed by atoms with Crippen LogP contribution in [0.5, 0.6) is 5.75 Å². The molecule has 0 saturated heterocycles. The van der Waals surface area contributed by atoms with E-state index in [1.807, 2.05) is 0 Å². The first-order valence-electron chi connectivity index (χ1n) is 6.98. The molecule has 2 N–H and O–H groups in total. The molecule has 6 heteroatoms. The average Bonchev–Trinajstić information content (AvgIpc) is 2.35.